The van der Waals surface area contributed by atoms with E-state index in [0.29, 0.717) is 11.7 Å². The molecule has 18 heavy (non-hydrogen) atoms. The molecule has 2 aromatic heterocycles. The van der Waals surface area contributed by atoms with Crippen LogP contribution in [0.3, 0.4) is 0 Å². The maximum atomic E-state index is 5.95. The Kier molecular flexibility index (Phi) is 3.17. The highest BCUT2D eigenvalue weighted by atomic mass is 127. The molecular formula is C13H17IN4. The van der Waals surface area contributed by atoms with Gasteiger partial charge in [0, 0.05) is 18.3 Å². The summed E-state index contributed by atoms with van der Waals surface area (Å²) in [7, 11) is 0. The summed E-state index contributed by atoms with van der Waals surface area (Å²) in [5.74, 6) is 3.16. The van der Waals surface area contributed by atoms with E-state index in [0.717, 1.165) is 21.0 Å². The summed E-state index contributed by atoms with van der Waals surface area (Å²) in [6, 6.07) is 0. The first-order valence-corrected chi connectivity index (χ1v) is 7.52. The maximum absolute atomic E-state index is 5.95. The fraction of sp³-hybridized carbons (Fsp3) is 0.538. The first-order chi connectivity index (χ1) is 8.66. The van der Waals surface area contributed by atoms with Crippen molar-refractivity contribution >= 4 is 33.9 Å². The van der Waals surface area contributed by atoms with Crippen LogP contribution in [-0.4, -0.2) is 14.4 Å². The minimum atomic E-state index is 0.569. The van der Waals surface area contributed by atoms with Crippen molar-refractivity contribution in [2.24, 2.45) is 5.92 Å². The van der Waals surface area contributed by atoms with Gasteiger partial charge >= 0.3 is 0 Å². The Morgan fingerprint density at radius 3 is 2.78 bits per heavy atom. The van der Waals surface area contributed by atoms with E-state index in [4.69, 9.17) is 10.7 Å². The number of hydrogen-bond donors (Lipinski definition) is 1. The summed E-state index contributed by atoms with van der Waals surface area (Å²) in [6.45, 7) is 2.34. The van der Waals surface area contributed by atoms with E-state index < -0.39 is 0 Å². The fourth-order valence-corrected chi connectivity index (χ4v) is 3.63. The average Bonchev–Trinajstić information content (AvgIpc) is 2.69. The summed E-state index contributed by atoms with van der Waals surface area (Å²) >= 11 is 2.25. The Morgan fingerprint density at radius 1 is 1.33 bits per heavy atom. The van der Waals surface area contributed by atoms with Crippen LogP contribution in [0.2, 0.25) is 0 Å². The van der Waals surface area contributed by atoms with E-state index in [9.17, 15) is 0 Å². The standard InChI is InChI=1S/C13H17IN4/c1-8-2-4-9(5-3-8)13-17-11(14)10-12(15)16-6-7-18(10)13/h6-9H,2-5H2,1H3,(H2,15,16). The lowest BCUT2D eigenvalue weighted by atomic mass is 9.82. The van der Waals surface area contributed by atoms with Crippen molar-refractivity contribution in [1.29, 1.82) is 0 Å². The van der Waals surface area contributed by atoms with Gasteiger partial charge in [0.25, 0.3) is 0 Å². The minimum absolute atomic E-state index is 0.569. The molecule has 0 bridgehead atoms. The Morgan fingerprint density at radius 2 is 2.06 bits per heavy atom. The molecule has 2 aromatic rings. The van der Waals surface area contributed by atoms with Gasteiger partial charge in [-0.15, -0.1) is 0 Å². The van der Waals surface area contributed by atoms with Gasteiger partial charge in [0.05, 0.1) is 0 Å². The summed E-state index contributed by atoms with van der Waals surface area (Å²) in [5, 5.41) is 0. The van der Waals surface area contributed by atoms with Gasteiger partial charge in [-0.1, -0.05) is 19.8 Å². The second kappa shape index (κ2) is 4.68. The van der Waals surface area contributed by atoms with Gasteiger partial charge in [-0.05, 0) is 41.4 Å². The quantitative estimate of drug-likeness (QED) is 0.799. The van der Waals surface area contributed by atoms with Gasteiger partial charge in [0.1, 0.15) is 15.0 Å². The Hall–Kier alpha value is -0.850. The third-order valence-electron chi connectivity index (χ3n) is 3.95. The smallest absolute Gasteiger partial charge is 0.150 e. The van der Waals surface area contributed by atoms with Crippen molar-refractivity contribution in [2.45, 2.75) is 38.5 Å². The number of nitrogens with zero attached hydrogens (tertiary/aromatic N) is 3. The highest BCUT2D eigenvalue weighted by Crippen LogP contribution is 2.36. The lowest BCUT2D eigenvalue weighted by Gasteiger charge is -2.25. The molecule has 5 heteroatoms. The zero-order valence-electron chi connectivity index (χ0n) is 10.4. The predicted octanol–water partition coefficient (Wildman–Crippen LogP) is 3.21. The molecule has 96 valence electrons. The molecule has 0 unspecified atom stereocenters. The summed E-state index contributed by atoms with van der Waals surface area (Å²) in [4.78, 5) is 8.88. The van der Waals surface area contributed by atoms with Crippen molar-refractivity contribution < 1.29 is 0 Å². The molecule has 2 heterocycles. The van der Waals surface area contributed by atoms with Crippen LogP contribution in [0.25, 0.3) is 5.52 Å². The highest BCUT2D eigenvalue weighted by Gasteiger charge is 2.24. The molecule has 1 saturated carbocycles. The maximum Gasteiger partial charge on any atom is 0.150 e. The van der Waals surface area contributed by atoms with E-state index in [2.05, 4.69) is 38.9 Å². The molecular weight excluding hydrogens is 339 g/mol. The molecule has 1 aliphatic carbocycles. The first kappa shape index (κ1) is 12.2. The van der Waals surface area contributed by atoms with Crippen LogP contribution in [0.1, 0.15) is 44.3 Å². The molecule has 3 rings (SSSR count). The van der Waals surface area contributed by atoms with Gasteiger partial charge < -0.3 is 5.73 Å². The predicted molar refractivity (Wildman–Crippen MR) is 80.5 cm³/mol. The third kappa shape index (κ3) is 1.98. The molecule has 0 aromatic carbocycles. The van der Waals surface area contributed by atoms with E-state index in [1.807, 2.05) is 6.20 Å². The number of fused-ring (bicyclic) bond motifs is 1. The van der Waals surface area contributed by atoms with Crippen molar-refractivity contribution in [3.63, 3.8) is 0 Å². The van der Waals surface area contributed by atoms with Crippen molar-refractivity contribution in [1.82, 2.24) is 14.4 Å². The van der Waals surface area contributed by atoms with E-state index >= 15 is 0 Å². The summed E-state index contributed by atoms with van der Waals surface area (Å²) < 4.78 is 3.09. The molecule has 0 radical (unpaired) electrons. The van der Waals surface area contributed by atoms with Gasteiger partial charge in [0.15, 0.2) is 5.82 Å². The second-order valence-electron chi connectivity index (χ2n) is 5.25. The van der Waals surface area contributed by atoms with Crippen LogP contribution in [-0.2, 0) is 0 Å². The van der Waals surface area contributed by atoms with Gasteiger partial charge in [-0.2, -0.15) is 0 Å². The molecule has 0 spiro atoms. The van der Waals surface area contributed by atoms with E-state index in [-0.39, 0.29) is 0 Å². The topological polar surface area (TPSA) is 56.2 Å². The molecule has 2 N–H and O–H groups in total. The zero-order chi connectivity index (χ0) is 12.7. The van der Waals surface area contributed by atoms with Crippen LogP contribution in [0.4, 0.5) is 5.82 Å². The van der Waals surface area contributed by atoms with Crippen LogP contribution in [0.15, 0.2) is 12.4 Å². The molecule has 4 nitrogen and oxygen atoms in total. The lowest BCUT2D eigenvalue weighted by Crippen LogP contribution is -2.13. The third-order valence-corrected chi connectivity index (χ3v) is 4.70. The Bertz CT molecular complexity index is 570. The number of nitrogens with two attached hydrogens (primary N) is 1. The largest absolute Gasteiger partial charge is 0.382 e. The number of nitrogen functional groups attached to an aromatic ring is 1. The fourth-order valence-electron chi connectivity index (χ4n) is 2.85. The minimum Gasteiger partial charge on any atom is -0.382 e. The Labute approximate surface area is 120 Å². The van der Waals surface area contributed by atoms with Crippen LogP contribution >= 0.6 is 22.6 Å². The number of aromatic nitrogens is 3. The first-order valence-electron chi connectivity index (χ1n) is 6.44. The van der Waals surface area contributed by atoms with Crippen molar-refractivity contribution in [3.8, 4) is 0 Å². The van der Waals surface area contributed by atoms with Gasteiger partial charge in [-0.25, -0.2) is 9.97 Å². The van der Waals surface area contributed by atoms with Gasteiger partial charge in [-0.3, -0.25) is 4.40 Å². The Balaban J connectivity index is 2.05. The zero-order valence-corrected chi connectivity index (χ0v) is 12.6. The monoisotopic (exact) mass is 356 g/mol. The van der Waals surface area contributed by atoms with Crippen molar-refractivity contribution in [2.75, 3.05) is 5.73 Å². The number of halogens is 1. The number of anilines is 1. The normalized spacial score (nSPS) is 24.6. The van der Waals surface area contributed by atoms with E-state index in [1.54, 1.807) is 6.20 Å². The summed E-state index contributed by atoms with van der Waals surface area (Å²) in [6.07, 6.45) is 8.81. The molecule has 1 fully saturated rings. The summed E-state index contributed by atoms with van der Waals surface area (Å²) in [5.41, 5.74) is 6.91. The van der Waals surface area contributed by atoms with Crippen LogP contribution in [0.5, 0.6) is 0 Å². The van der Waals surface area contributed by atoms with Gasteiger partial charge in [0.2, 0.25) is 0 Å². The average molecular weight is 356 g/mol. The molecule has 0 aliphatic heterocycles. The van der Waals surface area contributed by atoms with Crippen LogP contribution in [0, 0.1) is 9.62 Å². The number of rotatable bonds is 1. The highest BCUT2D eigenvalue weighted by molar-refractivity contribution is 14.1. The van der Waals surface area contributed by atoms with E-state index in [1.165, 1.54) is 25.7 Å². The second-order valence-corrected chi connectivity index (χ2v) is 6.27. The molecule has 0 amide bonds. The number of imidazole rings is 1. The van der Waals surface area contributed by atoms with Crippen molar-refractivity contribution in [3.05, 3.63) is 21.9 Å². The molecule has 0 atom stereocenters. The molecule has 0 saturated heterocycles. The lowest BCUT2D eigenvalue weighted by molar-refractivity contribution is 0.339. The molecule has 1 aliphatic rings. The number of hydrogen-bond acceptors (Lipinski definition) is 3. The van der Waals surface area contributed by atoms with Crippen LogP contribution < -0.4 is 5.73 Å². The SMILES string of the molecule is CC1CCC(c2nc(I)c3c(N)nccn23)CC1.